The van der Waals surface area contributed by atoms with Gasteiger partial charge in [0, 0.05) is 40.3 Å². The van der Waals surface area contributed by atoms with Crippen LogP contribution in [0, 0.1) is 0 Å². The molecule has 0 radical (unpaired) electrons. The molecule has 3 aromatic rings. The molecule has 2 amide bonds. The monoisotopic (exact) mass is 1020 g/mol. The number of benzene rings is 3. The second-order valence-electron chi connectivity index (χ2n) is 6.30. The van der Waals surface area contributed by atoms with E-state index in [1.54, 1.807) is 6.07 Å². The van der Waals surface area contributed by atoms with Gasteiger partial charge < -0.3 is 10.6 Å². The Morgan fingerprint density at radius 2 is 0.848 bits per heavy atom. The summed E-state index contributed by atoms with van der Waals surface area (Å²) in [6.07, 6.45) is 0. The van der Waals surface area contributed by atoms with Crippen molar-refractivity contribution in [1.82, 2.24) is 0 Å². The molecule has 0 aliphatic heterocycles. The highest BCUT2D eigenvalue weighted by molar-refractivity contribution is 9.13. The Bertz CT molecular complexity index is 1270. The zero-order chi connectivity index (χ0) is 24.6. The molecule has 0 fully saturated rings. The van der Waals surface area contributed by atoms with Crippen molar-refractivity contribution in [2.75, 3.05) is 10.6 Å². The van der Waals surface area contributed by atoms with Crippen molar-refractivity contribution >= 4 is 167 Å². The lowest BCUT2D eigenvalue weighted by molar-refractivity contribution is 0.0989. The number of anilines is 2. The van der Waals surface area contributed by atoms with E-state index < -0.39 is 11.8 Å². The van der Waals surface area contributed by atoms with E-state index in [-0.39, 0.29) is 11.1 Å². The van der Waals surface area contributed by atoms with Gasteiger partial charge in [-0.2, -0.15) is 0 Å². The molecular weight excluding hydrogens is 1020 g/mol. The molecule has 0 spiro atoms. The summed E-state index contributed by atoms with van der Waals surface area (Å²) >= 11 is 31.0. The van der Waals surface area contributed by atoms with Gasteiger partial charge in [0.15, 0.2) is 0 Å². The molecule has 172 valence electrons. The maximum absolute atomic E-state index is 13.4. The van der Waals surface area contributed by atoms with Gasteiger partial charge in [0.25, 0.3) is 11.8 Å². The quantitative estimate of drug-likeness (QED) is 0.256. The van der Waals surface area contributed by atoms with E-state index in [2.05, 4.69) is 154 Å². The molecule has 3 rings (SSSR count). The Labute approximate surface area is 265 Å². The molecule has 0 aliphatic carbocycles. The van der Waals surface area contributed by atoms with Crippen molar-refractivity contribution in [3.8, 4) is 0 Å². The first-order valence-corrected chi connectivity index (χ1v) is 15.6. The average Bonchev–Trinajstić information content (AvgIpc) is 2.69. The zero-order valence-electron chi connectivity index (χ0n) is 15.6. The first-order chi connectivity index (χ1) is 15.4. The number of nitrogens with one attached hydrogen (secondary N) is 2. The van der Waals surface area contributed by atoms with Gasteiger partial charge in [-0.05, 0) is 142 Å². The van der Waals surface area contributed by atoms with Crippen LogP contribution in [0.1, 0.15) is 20.7 Å². The van der Waals surface area contributed by atoms with Crippen LogP contribution in [0.25, 0.3) is 0 Å². The predicted molar refractivity (Wildman–Crippen MR) is 165 cm³/mol. The number of amides is 2. The fraction of sp³-hybridized carbons (Fsp3) is 0. The lowest BCUT2D eigenvalue weighted by atomic mass is 10.1. The van der Waals surface area contributed by atoms with E-state index in [1.807, 2.05) is 24.3 Å². The minimum Gasteiger partial charge on any atom is -0.320 e. The first-order valence-electron chi connectivity index (χ1n) is 8.50. The molecule has 4 nitrogen and oxygen atoms in total. The minimum atomic E-state index is -0.480. The number of hydrogen-bond donors (Lipinski definition) is 2. The molecule has 0 saturated carbocycles. The molecule has 0 heterocycles. The molecule has 33 heavy (non-hydrogen) atoms. The van der Waals surface area contributed by atoms with Crippen LogP contribution in [0.5, 0.6) is 0 Å². The Balaban J connectivity index is 2.09. The summed E-state index contributed by atoms with van der Waals surface area (Å²) in [5.74, 6) is -0.954. The van der Waals surface area contributed by atoms with Crippen molar-refractivity contribution in [3.05, 3.63) is 81.7 Å². The smallest absolute Gasteiger partial charge is 0.257 e. The summed E-state index contributed by atoms with van der Waals surface area (Å²) in [4.78, 5) is 26.9. The molecular formula is C20H7Br9N2O2. The van der Waals surface area contributed by atoms with Crippen molar-refractivity contribution in [2.45, 2.75) is 0 Å². The Morgan fingerprint density at radius 3 is 1.24 bits per heavy atom. The van der Waals surface area contributed by atoms with E-state index in [0.717, 1.165) is 8.95 Å². The fourth-order valence-corrected chi connectivity index (χ4v) is 9.45. The maximum atomic E-state index is 13.4. The largest absolute Gasteiger partial charge is 0.320 e. The van der Waals surface area contributed by atoms with E-state index >= 15 is 0 Å². The van der Waals surface area contributed by atoms with Gasteiger partial charge in [-0.15, -0.1) is 0 Å². The van der Waals surface area contributed by atoms with Crippen molar-refractivity contribution in [1.29, 1.82) is 0 Å². The van der Waals surface area contributed by atoms with Gasteiger partial charge in [0.2, 0.25) is 0 Å². The normalized spacial score (nSPS) is 10.8. The van der Waals surface area contributed by atoms with Crippen LogP contribution in [0.2, 0.25) is 0 Å². The SMILES string of the molecule is O=C(Nc1c(Br)cc(Br)cc1Br)c1c(Br)cc(Br)c(Br)c1C(=O)Nc1c(Br)cc(Br)cc1Br. The minimum absolute atomic E-state index is 0.153. The highest BCUT2D eigenvalue weighted by Gasteiger charge is 2.27. The molecule has 3 aromatic carbocycles. The van der Waals surface area contributed by atoms with Gasteiger partial charge in [-0.1, -0.05) is 31.9 Å². The summed E-state index contributed by atoms with van der Waals surface area (Å²) in [5.41, 5.74) is 1.36. The fourth-order valence-electron chi connectivity index (χ4n) is 2.71. The standard InChI is InChI=1S/C20H7Br9N2O2/c21-6-1-10(25)17(11(26)2-6)30-19(32)14-8(23)5-9(24)16(29)15(14)20(33)31-18-12(27)3-7(22)4-13(18)28/h1-5H,(H,30,32)(H,31,33). The topological polar surface area (TPSA) is 58.2 Å². The van der Waals surface area contributed by atoms with Crippen molar-refractivity contribution in [3.63, 3.8) is 0 Å². The number of rotatable bonds is 4. The van der Waals surface area contributed by atoms with Gasteiger partial charge in [0.05, 0.1) is 22.5 Å². The Morgan fingerprint density at radius 1 is 0.485 bits per heavy atom. The third kappa shape index (κ3) is 6.63. The number of carbonyl (C=O) groups excluding carboxylic acids is 2. The molecule has 0 atom stereocenters. The first kappa shape index (κ1) is 28.5. The van der Waals surface area contributed by atoms with E-state index in [9.17, 15) is 9.59 Å². The Hall–Kier alpha value is 0.920. The van der Waals surface area contributed by atoms with E-state index in [4.69, 9.17) is 0 Å². The van der Waals surface area contributed by atoms with Crippen LogP contribution in [0.15, 0.2) is 70.6 Å². The van der Waals surface area contributed by atoms with Crippen LogP contribution in [-0.4, -0.2) is 11.8 Å². The van der Waals surface area contributed by atoms with Crippen molar-refractivity contribution in [2.24, 2.45) is 0 Å². The van der Waals surface area contributed by atoms with Crippen molar-refractivity contribution < 1.29 is 9.59 Å². The molecule has 0 unspecified atom stereocenters. The highest BCUT2D eigenvalue weighted by Crippen LogP contribution is 2.40. The molecule has 2 N–H and O–H groups in total. The molecule has 0 bridgehead atoms. The van der Waals surface area contributed by atoms with Crippen LogP contribution < -0.4 is 10.6 Å². The number of carbonyl (C=O) groups is 2. The summed E-state index contributed by atoms with van der Waals surface area (Å²) in [5, 5.41) is 5.75. The van der Waals surface area contributed by atoms with Crippen LogP contribution in [0.3, 0.4) is 0 Å². The summed E-state index contributed by atoms with van der Waals surface area (Å²) < 4.78 is 5.80. The second-order valence-corrected chi connectivity index (χ2v) is 14.1. The van der Waals surface area contributed by atoms with Gasteiger partial charge in [0.1, 0.15) is 0 Å². The zero-order valence-corrected chi connectivity index (χ0v) is 29.9. The molecule has 0 aliphatic rings. The second kappa shape index (κ2) is 12.0. The van der Waals surface area contributed by atoms with Crippen LogP contribution in [0.4, 0.5) is 11.4 Å². The predicted octanol–water partition coefficient (Wildman–Crippen LogP) is 11.1. The van der Waals surface area contributed by atoms with Gasteiger partial charge >= 0.3 is 0 Å². The van der Waals surface area contributed by atoms with Gasteiger partial charge in [-0.25, -0.2) is 0 Å². The molecule has 13 heteroatoms. The summed E-state index contributed by atoms with van der Waals surface area (Å²) in [6.45, 7) is 0. The molecule has 0 aromatic heterocycles. The summed E-state index contributed by atoms with van der Waals surface area (Å²) in [6, 6.07) is 8.93. The third-order valence-electron chi connectivity index (χ3n) is 4.12. The lowest BCUT2D eigenvalue weighted by Crippen LogP contribution is -2.22. The summed E-state index contributed by atoms with van der Waals surface area (Å²) in [7, 11) is 0. The van der Waals surface area contributed by atoms with Crippen LogP contribution >= 0.6 is 143 Å². The average molecular weight is 1030 g/mol. The number of hydrogen-bond acceptors (Lipinski definition) is 2. The van der Waals surface area contributed by atoms with E-state index in [1.165, 1.54) is 0 Å². The van der Waals surface area contributed by atoms with Gasteiger partial charge in [-0.3, -0.25) is 9.59 Å². The third-order valence-corrected chi connectivity index (χ3v) is 10.1. The highest BCUT2D eigenvalue weighted by atomic mass is 79.9. The maximum Gasteiger partial charge on any atom is 0.257 e. The lowest BCUT2D eigenvalue weighted by Gasteiger charge is -2.17. The van der Waals surface area contributed by atoms with E-state index in [0.29, 0.717) is 42.7 Å². The molecule has 0 saturated heterocycles. The number of halogens is 9. The Kier molecular flexibility index (Phi) is 10.3. The van der Waals surface area contributed by atoms with Crippen LogP contribution in [-0.2, 0) is 0 Å².